The van der Waals surface area contributed by atoms with Gasteiger partial charge in [0.15, 0.2) is 0 Å². The first-order valence-electron chi connectivity index (χ1n) is 8.85. The van der Waals surface area contributed by atoms with Crippen LogP contribution in [0.3, 0.4) is 0 Å². The third-order valence-electron chi connectivity index (χ3n) is 4.67. The Morgan fingerprint density at radius 1 is 0.552 bits per heavy atom. The molecule has 0 saturated heterocycles. The van der Waals surface area contributed by atoms with E-state index in [1.165, 1.54) is 36.4 Å². The standard InChI is InChI=1S/C22H21F3O2S2/c1-16-4-10-19(11-5-16)28(29(26,27)22(23,24)25,20-12-6-17(2)7-13-20)21-14-8-18(3)9-15-21/h4-15H,1-3H3. The summed E-state index contributed by atoms with van der Waals surface area (Å²) in [6, 6.07) is 18.8. The molecule has 0 fully saturated rings. The topological polar surface area (TPSA) is 34.1 Å². The van der Waals surface area contributed by atoms with E-state index in [1.54, 1.807) is 57.2 Å². The minimum absolute atomic E-state index is 0.133. The number of halogens is 3. The molecule has 29 heavy (non-hydrogen) atoms. The van der Waals surface area contributed by atoms with E-state index >= 15 is 0 Å². The number of aryl methyl sites for hydroxylation is 3. The summed E-state index contributed by atoms with van der Waals surface area (Å²) in [6.07, 6.45) is 0. The van der Waals surface area contributed by atoms with Crippen LogP contribution in [0.4, 0.5) is 13.2 Å². The number of benzene rings is 3. The summed E-state index contributed by atoms with van der Waals surface area (Å²) in [6.45, 7) is 5.41. The summed E-state index contributed by atoms with van der Waals surface area (Å²) in [5.74, 6) is 0. The van der Waals surface area contributed by atoms with E-state index in [0.717, 1.165) is 16.7 Å². The fourth-order valence-corrected chi connectivity index (χ4v) is 10.7. The zero-order valence-corrected chi connectivity index (χ0v) is 17.8. The lowest BCUT2D eigenvalue weighted by Crippen LogP contribution is -2.29. The number of alkyl halides is 3. The van der Waals surface area contributed by atoms with Gasteiger partial charge in [-0.3, -0.25) is 0 Å². The van der Waals surface area contributed by atoms with E-state index in [2.05, 4.69) is 0 Å². The Morgan fingerprint density at radius 2 is 0.793 bits per heavy atom. The van der Waals surface area contributed by atoms with E-state index in [1.807, 2.05) is 0 Å². The highest BCUT2D eigenvalue weighted by Gasteiger charge is 2.59. The normalized spacial score (nSPS) is 13.3. The molecule has 0 aliphatic heterocycles. The minimum Gasteiger partial charge on any atom is -0.209 e. The number of hydrogen-bond acceptors (Lipinski definition) is 2. The van der Waals surface area contributed by atoms with Crippen LogP contribution in [0.5, 0.6) is 0 Å². The smallest absolute Gasteiger partial charge is 0.209 e. The maximum atomic E-state index is 14.1. The Bertz CT molecular complexity index is 990. The minimum atomic E-state index is -5.61. The molecule has 0 spiro atoms. The predicted octanol–water partition coefficient (Wildman–Crippen LogP) is 6.74. The van der Waals surface area contributed by atoms with E-state index in [4.69, 9.17) is 0 Å². The molecule has 0 radical (unpaired) electrons. The highest BCUT2D eigenvalue weighted by atomic mass is 33.2. The summed E-state index contributed by atoms with van der Waals surface area (Å²) >= 11 is 0. The quantitative estimate of drug-likeness (QED) is 0.423. The zero-order valence-electron chi connectivity index (χ0n) is 16.2. The van der Waals surface area contributed by atoms with Crippen molar-refractivity contribution >= 4 is 17.9 Å². The Morgan fingerprint density at radius 3 is 1.00 bits per heavy atom. The van der Waals surface area contributed by atoms with Gasteiger partial charge < -0.3 is 0 Å². The van der Waals surface area contributed by atoms with Crippen molar-refractivity contribution in [2.24, 2.45) is 0 Å². The molecular formula is C22H21F3O2S2. The van der Waals surface area contributed by atoms with E-state index in [0.29, 0.717) is 0 Å². The summed E-state index contributed by atoms with van der Waals surface area (Å²) in [7, 11) is -9.29. The molecule has 3 aromatic carbocycles. The van der Waals surface area contributed by atoms with E-state index < -0.39 is 23.4 Å². The molecular weight excluding hydrogens is 417 g/mol. The van der Waals surface area contributed by atoms with Crippen LogP contribution in [0.2, 0.25) is 0 Å². The van der Waals surface area contributed by atoms with E-state index in [-0.39, 0.29) is 14.7 Å². The summed E-state index contributed by atoms with van der Waals surface area (Å²) < 4.78 is 68.7. The average Bonchev–Trinajstić information content (AvgIpc) is 2.65. The third kappa shape index (κ3) is 3.57. The van der Waals surface area contributed by atoms with Gasteiger partial charge in [-0.1, -0.05) is 53.1 Å². The van der Waals surface area contributed by atoms with Gasteiger partial charge in [-0.05, 0) is 66.2 Å². The molecule has 3 aromatic rings. The molecule has 0 aromatic heterocycles. The molecule has 0 bridgehead atoms. The van der Waals surface area contributed by atoms with Crippen LogP contribution in [0.25, 0.3) is 0 Å². The molecule has 0 atom stereocenters. The summed E-state index contributed by atoms with van der Waals surface area (Å²) in [4.78, 5) is 0.398. The SMILES string of the molecule is Cc1ccc(S(c2ccc(C)cc2)(c2ccc(C)cc2)S(=O)(=O)C(F)(F)F)cc1. The maximum absolute atomic E-state index is 14.1. The lowest BCUT2D eigenvalue weighted by atomic mass is 10.2. The molecule has 0 unspecified atom stereocenters. The number of hydrogen-bond donors (Lipinski definition) is 0. The molecule has 154 valence electrons. The molecule has 0 heterocycles. The number of rotatable bonds is 4. The van der Waals surface area contributed by atoms with Crippen LogP contribution in [-0.4, -0.2) is 13.9 Å². The lowest BCUT2D eigenvalue weighted by molar-refractivity contribution is -0.0411. The Balaban J connectivity index is 2.53. The third-order valence-corrected chi connectivity index (χ3v) is 13.0. The second kappa shape index (κ2) is 7.54. The van der Waals surface area contributed by atoms with Crippen molar-refractivity contribution in [2.45, 2.75) is 41.0 Å². The highest BCUT2D eigenvalue weighted by molar-refractivity contribution is 8.90. The molecule has 0 aliphatic carbocycles. The van der Waals surface area contributed by atoms with Gasteiger partial charge >= 0.3 is 5.51 Å². The zero-order chi connectivity index (χ0) is 21.4. The van der Waals surface area contributed by atoms with E-state index in [9.17, 15) is 21.6 Å². The molecule has 7 heteroatoms. The Hall–Kier alpha value is -2.25. The van der Waals surface area contributed by atoms with Gasteiger partial charge in [0, 0.05) is 14.7 Å². The second-order valence-electron chi connectivity index (χ2n) is 6.90. The Kier molecular flexibility index (Phi) is 5.58. The van der Waals surface area contributed by atoms with Gasteiger partial charge in [-0.15, -0.1) is 0 Å². The van der Waals surface area contributed by atoms with Crippen molar-refractivity contribution in [3.8, 4) is 0 Å². The second-order valence-corrected chi connectivity index (χ2v) is 13.6. The first-order valence-corrected chi connectivity index (χ1v) is 12.5. The van der Waals surface area contributed by atoms with Crippen molar-refractivity contribution in [1.82, 2.24) is 0 Å². The van der Waals surface area contributed by atoms with Gasteiger partial charge in [0.1, 0.15) is 0 Å². The van der Waals surface area contributed by atoms with Crippen molar-refractivity contribution in [3.63, 3.8) is 0 Å². The molecule has 2 nitrogen and oxygen atoms in total. The van der Waals surface area contributed by atoms with Crippen LogP contribution in [0, 0.1) is 20.8 Å². The first-order chi connectivity index (χ1) is 13.5. The lowest BCUT2D eigenvalue weighted by Gasteiger charge is -2.40. The van der Waals surface area contributed by atoms with Gasteiger partial charge in [-0.2, -0.15) is 13.2 Å². The van der Waals surface area contributed by atoms with Gasteiger partial charge in [0.05, 0.1) is 0 Å². The fraction of sp³-hybridized carbons (Fsp3) is 0.182. The van der Waals surface area contributed by atoms with Crippen LogP contribution >= 0.6 is 9.06 Å². The maximum Gasteiger partial charge on any atom is 0.506 e. The summed E-state index contributed by atoms with van der Waals surface area (Å²) in [5.41, 5.74) is -2.92. The average molecular weight is 439 g/mol. The van der Waals surface area contributed by atoms with Crippen LogP contribution < -0.4 is 0 Å². The van der Waals surface area contributed by atoms with Crippen molar-refractivity contribution in [2.75, 3.05) is 0 Å². The largest absolute Gasteiger partial charge is 0.506 e. The molecule has 3 rings (SSSR count). The first kappa shape index (κ1) is 21.5. The fourth-order valence-electron chi connectivity index (χ4n) is 3.12. The Labute approximate surface area is 170 Å². The van der Waals surface area contributed by atoms with Crippen LogP contribution in [-0.2, 0) is 8.87 Å². The van der Waals surface area contributed by atoms with Crippen LogP contribution in [0.15, 0.2) is 87.5 Å². The molecule has 0 N–H and O–H groups in total. The monoisotopic (exact) mass is 438 g/mol. The molecule has 0 aliphatic rings. The van der Waals surface area contributed by atoms with Crippen molar-refractivity contribution in [3.05, 3.63) is 89.5 Å². The summed E-state index contributed by atoms with van der Waals surface area (Å²) in [5, 5.41) is 0. The predicted molar refractivity (Wildman–Crippen MR) is 111 cm³/mol. The van der Waals surface area contributed by atoms with Gasteiger partial charge in [0.25, 0.3) is 8.87 Å². The van der Waals surface area contributed by atoms with Gasteiger partial charge in [0.2, 0.25) is 0 Å². The molecule has 0 saturated carbocycles. The highest BCUT2D eigenvalue weighted by Crippen LogP contribution is 2.75. The van der Waals surface area contributed by atoms with Crippen molar-refractivity contribution in [1.29, 1.82) is 0 Å². The van der Waals surface area contributed by atoms with Crippen LogP contribution in [0.1, 0.15) is 16.7 Å². The van der Waals surface area contributed by atoms with Crippen molar-refractivity contribution < 1.29 is 21.6 Å². The molecule has 0 amide bonds. The van der Waals surface area contributed by atoms with Gasteiger partial charge in [-0.25, -0.2) is 8.42 Å².